The molecule has 1 aliphatic rings. The lowest BCUT2D eigenvalue weighted by atomic mass is 10.1. The van der Waals surface area contributed by atoms with E-state index in [0.717, 1.165) is 31.6 Å². The van der Waals surface area contributed by atoms with Crippen LogP contribution in [0.3, 0.4) is 0 Å². The number of hydrogen-bond acceptors (Lipinski definition) is 4. The number of nitrogens with zero attached hydrogens (tertiary/aromatic N) is 2. The number of likely N-dealkylation sites (tertiary alicyclic amines) is 1. The maximum atomic E-state index is 12.3. The van der Waals surface area contributed by atoms with E-state index in [1.807, 2.05) is 11.8 Å². The minimum atomic E-state index is -0.401. The smallest absolute Gasteiger partial charge is 0.272 e. The molecule has 1 atom stereocenters. The van der Waals surface area contributed by atoms with Crippen molar-refractivity contribution in [1.29, 1.82) is 0 Å². The number of piperidine rings is 1. The zero-order valence-corrected chi connectivity index (χ0v) is 12.5. The summed E-state index contributed by atoms with van der Waals surface area (Å²) >= 11 is 0. The summed E-state index contributed by atoms with van der Waals surface area (Å²) in [5.74, 6) is 0.0886. The second-order valence-corrected chi connectivity index (χ2v) is 5.51. The van der Waals surface area contributed by atoms with Crippen LogP contribution in [0.4, 0.5) is 11.4 Å². The van der Waals surface area contributed by atoms with Crippen LogP contribution in [0, 0.1) is 17.0 Å². The van der Waals surface area contributed by atoms with Crippen LogP contribution < -0.4 is 5.32 Å². The minimum absolute atomic E-state index is 0.0886. The van der Waals surface area contributed by atoms with Crippen LogP contribution in [-0.2, 0) is 4.79 Å². The third kappa shape index (κ3) is 3.71. The fourth-order valence-corrected chi connectivity index (χ4v) is 2.65. The maximum Gasteiger partial charge on any atom is 0.272 e. The Labute approximate surface area is 124 Å². The number of anilines is 1. The molecular formula is C15H21N3O3. The van der Waals surface area contributed by atoms with E-state index in [1.54, 1.807) is 19.1 Å². The van der Waals surface area contributed by atoms with Crippen LogP contribution in [-0.4, -0.2) is 34.9 Å². The molecular weight excluding hydrogens is 270 g/mol. The normalized spacial score (nSPS) is 16.4. The molecule has 2 rings (SSSR count). The van der Waals surface area contributed by atoms with Gasteiger partial charge < -0.3 is 10.2 Å². The van der Waals surface area contributed by atoms with Crippen molar-refractivity contribution in [2.24, 2.45) is 0 Å². The quantitative estimate of drug-likeness (QED) is 0.683. The van der Waals surface area contributed by atoms with Crippen LogP contribution in [0.25, 0.3) is 0 Å². The Hall–Kier alpha value is -2.11. The van der Waals surface area contributed by atoms with Crippen LogP contribution in [0.15, 0.2) is 18.2 Å². The molecule has 1 aliphatic heterocycles. The molecule has 0 saturated carbocycles. The van der Waals surface area contributed by atoms with Gasteiger partial charge in [-0.25, -0.2) is 0 Å². The first-order valence-electron chi connectivity index (χ1n) is 7.29. The number of nitrogens with one attached hydrogen (secondary N) is 1. The highest BCUT2D eigenvalue weighted by molar-refractivity contribution is 5.84. The molecule has 1 saturated heterocycles. The molecule has 0 radical (unpaired) electrons. The van der Waals surface area contributed by atoms with Crippen LogP contribution in [0.5, 0.6) is 0 Å². The van der Waals surface area contributed by atoms with Gasteiger partial charge in [-0.3, -0.25) is 14.9 Å². The SMILES string of the molecule is Cc1cc(NC(C)C(=O)N2CCCCC2)ccc1[N+](=O)[O-]. The number of amides is 1. The number of carbonyl (C=O) groups is 1. The monoisotopic (exact) mass is 291 g/mol. The van der Waals surface area contributed by atoms with Gasteiger partial charge in [0.15, 0.2) is 0 Å². The molecule has 6 heteroatoms. The lowest BCUT2D eigenvalue weighted by Crippen LogP contribution is -2.43. The van der Waals surface area contributed by atoms with Gasteiger partial charge in [-0.2, -0.15) is 0 Å². The molecule has 1 N–H and O–H groups in total. The molecule has 0 bridgehead atoms. The zero-order valence-electron chi connectivity index (χ0n) is 12.5. The average molecular weight is 291 g/mol. The molecule has 114 valence electrons. The standard InChI is InChI=1S/C15H21N3O3/c1-11-10-13(6-7-14(11)18(20)21)16-12(2)15(19)17-8-4-3-5-9-17/h6-7,10,12,16H,3-5,8-9H2,1-2H3. The highest BCUT2D eigenvalue weighted by atomic mass is 16.6. The van der Waals surface area contributed by atoms with E-state index in [2.05, 4.69) is 5.32 Å². The molecule has 0 aromatic heterocycles. The molecule has 21 heavy (non-hydrogen) atoms. The summed E-state index contributed by atoms with van der Waals surface area (Å²) in [6.07, 6.45) is 3.32. The fourth-order valence-electron chi connectivity index (χ4n) is 2.65. The van der Waals surface area contributed by atoms with Crippen molar-refractivity contribution >= 4 is 17.3 Å². The van der Waals surface area contributed by atoms with Gasteiger partial charge in [0, 0.05) is 30.4 Å². The van der Waals surface area contributed by atoms with Crippen molar-refractivity contribution in [3.63, 3.8) is 0 Å². The average Bonchev–Trinajstić information content (AvgIpc) is 2.47. The van der Waals surface area contributed by atoms with Gasteiger partial charge >= 0.3 is 0 Å². The Morgan fingerprint density at radius 1 is 1.33 bits per heavy atom. The van der Waals surface area contributed by atoms with Crippen molar-refractivity contribution in [3.05, 3.63) is 33.9 Å². The van der Waals surface area contributed by atoms with Crippen LogP contribution >= 0.6 is 0 Å². The van der Waals surface area contributed by atoms with Crippen molar-refractivity contribution in [2.75, 3.05) is 18.4 Å². The topological polar surface area (TPSA) is 75.5 Å². The van der Waals surface area contributed by atoms with Crippen molar-refractivity contribution in [2.45, 2.75) is 39.2 Å². The Bertz CT molecular complexity index is 539. The molecule has 1 fully saturated rings. The summed E-state index contributed by atoms with van der Waals surface area (Å²) in [6, 6.07) is 4.49. The maximum absolute atomic E-state index is 12.3. The van der Waals surface area contributed by atoms with Crippen molar-refractivity contribution < 1.29 is 9.72 Å². The number of aryl methyl sites for hydroxylation is 1. The second kappa shape index (κ2) is 6.56. The molecule has 1 aromatic carbocycles. The summed E-state index contributed by atoms with van der Waals surface area (Å²) in [5, 5.41) is 13.9. The molecule has 0 aliphatic carbocycles. The number of nitro groups is 1. The second-order valence-electron chi connectivity index (χ2n) is 5.51. The summed E-state index contributed by atoms with van der Waals surface area (Å²) < 4.78 is 0. The van der Waals surface area contributed by atoms with Gasteiger partial charge in [0.2, 0.25) is 5.91 Å². The summed E-state index contributed by atoms with van der Waals surface area (Å²) in [5.41, 5.74) is 1.41. The largest absolute Gasteiger partial charge is 0.374 e. The van der Waals surface area contributed by atoms with Crippen LogP contribution in [0.2, 0.25) is 0 Å². The zero-order chi connectivity index (χ0) is 15.4. The molecule has 0 spiro atoms. The molecule has 6 nitrogen and oxygen atoms in total. The minimum Gasteiger partial charge on any atom is -0.374 e. The molecule has 1 amide bonds. The lowest BCUT2D eigenvalue weighted by Gasteiger charge is -2.29. The predicted octanol–water partition coefficient (Wildman–Crippen LogP) is 2.72. The molecule has 1 heterocycles. The molecule has 1 aromatic rings. The van der Waals surface area contributed by atoms with E-state index >= 15 is 0 Å². The predicted molar refractivity (Wildman–Crippen MR) is 81.3 cm³/mol. The van der Waals surface area contributed by atoms with Gasteiger partial charge in [0.25, 0.3) is 5.69 Å². The van der Waals surface area contributed by atoms with E-state index in [9.17, 15) is 14.9 Å². The number of carbonyl (C=O) groups excluding carboxylic acids is 1. The number of nitro benzene ring substituents is 1. The lowest BCUT2D eigenvalue weighted by molar-refractivity contribution is -0.385. The number of hydrogen-bond donors (Lipinski definition) is 1. The van der Waals surface area contributed by atoms with E-state index in [-0.39, 0.29) is 17.6 Å². The van der Waals surface area contributed by atoms with Crippen molar-refractivity contribution in [3.8, 4) is 0 Å². The Kier molecular flexibility index (Phi) is 4.77. The highest BCUT2D eigenvalue weighted by Crippen LogP contribution is 2.22. The number of rotatable bonds is 4. The van der Waals surface area contributed by atoms with Gasteiger partial charge in [-0.05, 0) is 45.2 Å². The summed E-state index contributed by atoms with van der Waals surface area (Å²) in [4.78, 5) is 24.6. The Morgan fingerprint density at radius 3 is 2.57 bits per heavy atom. The Morgan fingerprint density at radius 2 is 2.00 bits per heavy atom. The van der Waals surface area contributed by atoms with Gasteiger partial charge in [-0.1, -0.05) is 0 Å². The first-order valence-corrected chi connectivity index (χ1v) is 7.29. The van der Waals surface area contributed by atoms with Crippen LogP contribution in [0.1, 0.15) is 31.7 Å². The van der Waals surface area contributed by atoms with Gasteiger partial charge in [-0.15, -0.1) is 0 Å². The summed E-state index contributed by atoms with van der Waals surface area (Å²) in [6.45, 7) is 5.17. The number of benzene rings is 1. The van der Waals surface area contributed by atoms with E-state index in [0.29, 0.717) is 5.56 Å². The first kappa shape index (κ1) is 15.3. The summed E-state index contributed by atoms with van der Waals surface area (Å²) in [7, 11) is 0. The molecule has 1 unspecified atom stereocenters. The van der Waals surface area contributed by atoms with E-state index in [4.69, 9.17) is 0 Å². The van der Waals surface area contributed by atoms with Gasteiger partial charge in [0.1, 0.15) is 6.04 Å². The fraction of sp³-hybridized carbons (Fsp3) is 0.533. The highest BCUT2D eigenvalue weighted by Gasteiger charge is 2.22. The van der Waals surface area contributed by atoms with Gasteiger partial charge in [0.05, 0.1) is 4.92 Å². The Balaban J connectivity index is 2.01. The van der Waals surface area contributed by atoms with E-state index < -0.39 is 4.92 Å². The third-order valence-electron chi connectivity index (χ3n) is 3.81. The first-order chi connectivity index (χ1) is 9.99. The van der Waals surface area contributed by atoms with E-state index in [1.165, 1.54) is 12.5 Å². The third-order valence-corrected chi connectivity index (χ3v) is 3.81. The van der Waals surface area contributed by atoms with Crippen molar-refractivity contribution in [1.82, 2.24) is 4.90 Å².